The standard InChI is InChI=1S/C6H7Cl2N3/c1-11(2)5-3-4(7)6(8)10-9-5/h3H,1-2H3. The van der Waals surface area contributed by atoms with Gasteiger partial charge in [0.25, 0.3) is 0 Å². The fraction of sp³-hybridized carbons (Fsp3) is 0.333. The van der Waals surface area contributed by atoms with E-state index in [9.17, 15) is 0 Å². The van der Waals surface area contributed by atoms with E-state index >= 15 is 0 Å². The van der Waals surface area contributed by atoms with Crippen molar-refractivity contribution in [3.05, 3.63) is 16.2 Å². The van der Waals surface area contributed by atoms with Crippen molar-refractivity contribution >= 4 is 29.0 Å². The minimum absolute atomic E-state index is 0.234. The van der Waals surface area contributed by atoms with Gasteiger partial charge in [-0.2, -0.15) is 0 Å². The maximum Gasteiger partial charge on any atom is 0.170 e. The predicted octanol–water partition coefficient (Wildman–Crippen LogP) is 1.85. The van der Waals surface area contributed by atoms with Crippen molar-refractivity contribution < 1.29 is 0 Å². The molecule has 0 aliphatic carbocycles. The monoisotopic (exact) mass is 191 g/mol. The second kappa shape index (κ2) is 3.24. The molecule has 0 aliphatic heterocycles. The van der Waals surface area contributed by atoms with Crippen molar-refractivity contribution in [2.45, 2.75) is 0 Å². The third-order valence-electron chi connectivity index (χ3n) is 1.15. The maximum absolute atomic E-state index is 5.70. The summed E-state index contributed by atoms with van der Waals surface area (Å²) in [6.45, 7) is 0. The first kappa shape index (κ1) is 8.56. The molecule has 0 atom stereocenters. The van der Waals surface area contributed by atoms with E-state index in [2.05, 4.69) is 10.2 Å². The normalized spacial score (nSPS) is 9.82. The molecule has 0 bridgehead atoms. The number of halogens is 2. The Morgan fingerprint density at radius 2 is 1.91 bits per heavy atom. The number of hydrogen-bond acceptors (Lipinski definition) is 3. The van der Waals surface area contributed by atoms with Gasteiger partial charge < -0.3 is 4.90 Å². The Bertz CT molecular complexity index is 262. The lowest BCUT2D eigenvalue weighted by Gasteiger charge is -2.09. The van der Waals surface area contributed by atoms with E-state index in [1.807, 2.05) is 14.1 Å². The Morgan fingerprint density at radius 1 is 1.27 bits per heavy atom. The number of aromatic nitrogens is 2. The molecule has 5 heteroatoms. The van der Waals surface area contributed by atoms with Gasteiger partial charge in [0.2, 0.25) is 0 Å². The van der Waals surface area contributed by atoms with Crippen LogP contribution in [0.1, 0.15) is 0 Å². The Kier molecular flexibility index (Phi) is 2.52. The van der Waals surface area contributed by atoms with Gasteiger partial charge in [-0.3, -0.25) is 0 Å². The fourth-order valence-electron chi connectivity index (χ4n) is 0.563. The molecule has 0 amide bonds. The van der Waals surface area contributed by atoms with Gasteiger partial charge in [0, 0.05) is 20.2 Å². The van der Waals surface area contributed by atoms with Gasteiger partial charge in [-0.1, -0.05) is 23.2 Å². The minimum atomic E-state index is 0.234. The Morgan fingerprint density at radius 3 is 2.36 bits per heavy atom. The molecule has 0 radical (unpaired) electrons. The summed E-state index contributed by atoms with van der Waals surface area (Å²) in [5.41, 5.74) is 0. The smallest absolute Gasteiger partial charge is 0.170 e. The average molecular weight is 192 g/mol. The molecule has 0 fully saturated rings. The first-order valence-corrected chi connectivity index (χ1v) is 3.73. The third-order valence-corrected chi connectivity index (χ3v) is 1.82. The van der Waals surface area contributed by atoms with Gasteiger partial charge in [-0.15, -0.1) is 10.2 Å². The van der Waals surface area contributed by atoms with Gasteiger partial charge in [0.15, 0.2) is 11.0 Å². The molecular weight excluding hydrogens is 185 g/mol. The van der Waals surface area contributed by atoms with E-state index < -0.39 is 0 Å². The fourth-order valence-corrected chi connectivity index (χ4v) is 0.791. The van der Waals surface area contributed by atoms with Crippen molar-refractivity contribution in [2.24, 2.45) is 0 Å². The highest BCUT2D eigenvalue weighted by Crippen LogP contribution is 2.20. The Labute approximate surface area is 74.9 Å². The number of nitrogens with zero attached hydrogens (tertiary/aromatic N) is 3. The Balaban J connectivity index is 3.05. The summed E-state index contributed by atoms with van der Waals surface area (Å²) in [6.07, 6.45) is 0. The lowest BCUT2D eigenvalue weighted by atomic mass is 10.5. The summed E-state index contributed by atoms with van der Waals surface area (Å²) in [6, 6.07) is 1.66. The third kappa shape index (κ3) is 1.94. The predicted molar refractivity (Wildman–Crippen MR) is 46.4 cm³/mol. The molecule has 0 aromatic carbocycles. The first-order chi connectivity index (χ1) is 5.11. The summed E-state index contributed by atoms with van der Waals surface area (Å²) >= 11 is 11.3. The van der Waals surface area contributed by atoms with Crippen LogP contribution in [0.25, 0.3) is 0 Å². The van der Waals surface area contributed by atoms with Crippen LogP contribution in [-0.4, -0.2) is 24.3 Å². The van der Waals surface area contributed by atoms with E-state index in [4.69, 9.17) is 23.2 Å². The number of hydrogen-bond donors (Lipinski definition) is 0. The molecule has 0 saturated heterocycles. The highest BCUT2D eigenvalue weighted by molar-refractivity contribution is 6.41. The molecule has 1 rings (SSSR count). The zero-order valence-corrected chi connectivity index (χ0v) is 7.69. The van der Waals surface area contributed by atoms with Crippen LogP contribution in [0.15, 0.2) is 6.07 Å². The number of rotatable bonds is 1. The summed E-state index contributed by atoms with van der Waals surface area (Å²) in [4.78, 5) is 1.80. The average Bonchev–Trinajstić information content (AvgIpc) is 1.94. The van der Waals surface area contributed by atoms with Crippen molar-refractivity contribution in [2.75, 3.05) is 19.0 Å². The molecular formula is C6H7Cl2N3. The van der Waals surface area contributed by atoms with Crippen LogP contribution in [0.3, 0.4) is 0 Å². The van der Waals surface area contributed by atoms with Gasteiger partial charge in [-0.25, -0.2) is 0 Å². The maximum atomic E-state index is 5.70. The number of anilines is 1. The van der Waals surface area contributed by atoms with Crippen molar-refractivity contribution in [3.8, 4) is 0 Å². The summed E-state index contributed by atoms with van der Waals surface area (Å²) in [7, 11) is 3.71. The van der Waals surface area contributed by atoms with E-state index in [-0.39, 0.29) is 5.15 Å². The lowest BCUT2D eigenvalue weighted by molar-refractivity contribution is 0.965. The summed E-state index contributed by atoms with van der Waals surface area (Å²) in [5, 5.41) is 8.10. The van der Waals surface area contributed by atoms with E-state index in [0.717, 1.165) is 0 Å². The van der Waals surface area contributed by atoms with Crippen LogP contribution >= 0.6 is 23.2 Å². The minimum Gasteiger partial charge on any atom is -0.361 e. The summed E-state index contributed by atoms with van der Waals surface area (Å²) < 4.78 is 0. The van der Waals surface area contributed by atoms with Crippen molar-refractivity contribution in [1.29, 1.82) is 0 Å². The second-order valence-electron chi connectivity index (χ2n) is 2.24. The Hall–Kier alpha value is -0.540. The van der Waals surface area contributed by atoms with Crippen molar-refractivity contribution in [1.82, 2.24) is 10.2 Å². The molecule has 0 N–H and O–H groups in total. The van der Waals surface area contributed by atoms with Gasteiger partial charge in [-0.05, 0) is 0 Å². The zero-order chi connectivity index (χ0) is 8.43. The van der Waals surface area contributed by atoms with E-state index in [1.165, 1.54) is 0 Å². The molecule has 0 aliphatic rings. The SMILES string of the molecule is CN(C)c1cc(Cl)c(Cl)nn1. The molecule has 0 unspecified atom stereocenters. The largest absolute Gasteiger partial charge is 0.361 e. The highest BCUT2D eigenvalue weighted by Gasteiger charge is 2.02. The molecule has 11 heavy (non-hydrogen) atoms. The van der Waals surface area contributed by atoms with Crippen LogP contribution in [0.5, 0.6) is 0 Å². The molecule has 3 nitrogen and oxygen atoms in total. The van der Waals surface area contributed by atoms with Gasteiger partial charge in [0.1, 0.15) is 0 Å². The zero-order valence-electron chi connectivity index (χ0n) is 6.17. The molecule has 0 saturated carbocycles. The van der Waals surface area contributed by atoms with Gasteiger partial charge >= 0.3 is 0 Å². The second-order valence-corrected chi connectivity index (χ2v) is 3.00. The topological polar surface area (TPSA) is 29.0 Å². The van der Waals surface area contributed by atoms with Crippen LogP contribution in [-0.2, 0) is 0 Å². The van der Waals surface area contributed by atoms with Crippen LogP contribution < -0.4 is 4.90 Å². The molecule has 1 aromatic rings. The van der Waals surface area contributed by atoms with Crippen molar-refractivity contribution in [3.63, 3.8) is 0 Å². The summed E-state index contributed by atoms with van der Waals surface area (Å²) in [5.74, 6) is 0.694. The van der Waals surface area contributed by atoms with Crippen LogP contribution in [0.4, 0.5) is 5.82 Å². The lowest BCUT2D eigenvalue weighted by Crippen LogP contribution is -2.11. The molecule has 1 aromatic heterocycles. The van der Waals surface area contributed by atoms with Gasteiger partial charge in [0.05, 0.1) is 5.02 Å². The van der Waals surface area contributed by atoms with E-state index in [1.54, 1.807) is 11.0 Å². The van der Waals surface area contributed by atoms with Crippen LogP contribution in [0.2, 0.25) is 10.2 Å². The quantitative estimate of drug-likeness (QED) is 0.679. The van der Waals surface area contributed by atoms with Crippen LogP contribution in [0, 0.1) is 0 Å². The molecule has 0 spiro atoms. The molecule has 1 heterocycles. The first-order valence-electron chi connectivity index (χ1n) is 2.97. The van der Waals surface area contributed by atoms with E-state index in [0.29, 0.717) is 10.8 Å². The highest BCUT2D eigenvalue weighted by atomic mass is 35.5. The molecule has 60 valence electrons.